The normalized spacial score (nSPS) is 18.8. The predicted molar refractivity (Wildman–Crippen MR) is 83.3 cm³/mol. The molecule has 0 aromatic heterocycles. The van der Waals surface area contributed by atoms with Crippen LogP contribution in [0.2, 0.25) is 0 Å². The summed E-state index contributed by atoms with van der Waals surface area (Å²) < 4.78 is 0. The number of carbonyl (C=O) groups is 3. The van der Waals surface area contributed by atoms with Crippen molar-refractivity contribution in [2.24, 2.45) is 0 Å². The van der Waals surface area contributed by atoms with E-state index in [4.69, 9.17) is 0 Å². The monoisotopic (exact) mass is 322 g/mol. The largest absolute Gasteiger partial charge is 0.480 e. The number of carboxylic acids is 1. The van der Waals surface area contributed by atoms with Crippen molar-refractivity contribution in [3.63, 3.8) is 0 Å². The van der Waals surface area contributed by atoms with Crippen LogP contribution in [0.4, 0.5) is 0 Å². The molecule has 1 aliphatic heterocycles. The summed E-state index contributed by atoms with van der Waals surface area (Å²) in [7, 11) is 0. The van der Waals surface area contributed by atoms with Gasteiger partial charge in [0.2, 0.25) is 11.8 Å². The molecule has 0 saturated carbocycles. The van der Waals surface area contributed by atoms with Crippen molar-refractivity contribution in [2.75, 3.05) is 11.6 Å². The Morgan fingerprint density at radius 2 is 2.05 bits per heavy atom. The summed E-state index contributed by atoms with van der Waals surface area (Å²) in [6, 6.07) is 7.51. The Kier molecular flexibility index (Phi) is 5.43. The number of rotatable bonds is 5. The van der Waals surface area contributed by atoms with Gasteiger partial charge in [0.1, 0.15) is 12.1 Å². The molecule has 6 nitrogen and oxygen atoms in total. The fraction of sp³-hybridized carbons (Fsp3) is 0.400. The van der Waals surface area contributed by atoms with Crippen LogP contribution in [0.25, 0.3) is 0 Å². The van der Waals surface area contributed by atoms with Gasteiger partial charge in [0.05, 0.1) is 5.88 Å². The maximum atomic E-state index is 12.3. The first-order chi connectivity index (χ1) is 10.5. The van der Waals surface area contributed by atoms with Crippen molar-refractivity contribution in [2.45, 2.75) is 25.4 Å². The minimum Gasteiger partial charge on any atom is -0.480 e. The molecule has 0 bridgehead atoms. The molecule has 2 atom stereocenters. The van der Waals surface area contributed by atoms with Crippen LogP contribution < -0.4 is 5.32 Å². The molecule has 2 amide bonds. The summed E-state index contributed by atoms with van der Waals surface area (Å²) in [5, 5.41) is 11.8. The summed E-state index contributed by atoms with van der Waals surface area (Å²) in [5.41, 5.74) is 0.833. The molecule has 1 aromatic rings. The molecular formula is C15H18N2O4S. The molecule has 0 aliphatic carbocycles. The van der Waals surface area contributed by atoms with Crippen LogP contribution in [0.5, 0.6) is 0 Å². The van der Waals surface area contributed by atoms with Crippen LogP contribution in [-0.4, -0.2) is 51.5 Å². The molecular weight excluding hydrogens is 304 g/mol. The Bertz CT molecular complexity index is 564. The average molecular weight is 322 g/mol. The van der Waals surface area contributed by atoms with Gasteiger partial charge in [-0.05, 0) is 5.56 Å². The lowest BCUT2D eigenvalue weighted by atomic mass is 10.1. The van der Waals surface area contributed by atoms with Gasteiger partial charge >= 0.3 is 5.97 Å². The number of nitrogens with zero attached hydrogens (tertiary/aromatic N) is 1. The van der Waals surface area contributed by atoms with E-state index in [0.717, 1.165) is 5.56 Å². The van der Waals surface area contributed by atoms with Crippen LogP contribution in [0.1, 0.15) is 12.5 Å². The first-order valence-electron chi connectivity index (χ1n) is 6.91. The standard InChI is InChI=1S/C15H18N2O4S/c1-10(18)17-9-22-8-13(17)14(19)16-12(15(20)21)7-11-5-3-2-4-6-11/h2-6,12-13H,7-9H2,1H3,(H,16,19)(H,20,21)/t12-,13-/m0/s1. The average Bonchev–Trinajstić information content (AvgIpc) is 2.97. The second-order valence-electron chi connectivity index (χ2n) is 5.09. The third kappa shape index (κ3) is 4.00. The molecule has 2 N–H and O–H groups in total. The van der Waals surface area contributed by atoms with Crippen molar-refractivity contribution in [1.29, 1.82) is 0 Å². The molecule has 1 saturated heterocycles. The number of hydrogen-bond acceptors (Lipinski definition) is 4. The van der Waals surface area contributed by atoms with Crippen LogP contribution in [0.15, 0.2) is 30.3 Å². The number of thioether (sulfide) groups is 1. The van der Waals surface area contributed by atoms with E-state index in [-0.39, 0.29) is 12.3 Å². The maximum absolute atomic E-state index is 12.3. The van der Waals surface area contributed by atoms with Crippen LogP contribution in [0.3, 0.4) is 0 Å². The van der Waals surface area contributed by atoms with Gasteiger partial charge in [-0.15, -0.1) is 11.8 Å². The maximum Gasteiger partial charge on any atom is 0.326 e. The van der Waals surface area contributed by atoms with Gasteiger partial charge in [0.25, 0.3) is 0 Å². The van der Waals surface area contributed by atoms with E-state index in [1.807, 2.05) is 30.3 Å². The Balaban J connectivity index is 2.03. The van der Waals surface area contributed by atoms with E-state index in [1.165, 1.54) is 23.6 Å². The zero-order chi connectivity index (χ0) is 16.1. The number of aliphatic carboxylic acids is 1. The fourth-order valence-electron chi connectivity index (χ4n) is 2.29. The molecule has 1 fully saturated rings. The first kappa shape index (κ1) is 16.4. The molecule has 7 heteroatoms. The van der Waals surface area contributed by atoms with Gasteiger partial charge in [-0.25, -0.2) is 4.79 Å². The molecule has 1 aromatic carbocycles. The number of carboxylic acid groups (broad SMARTS) is 1. The van der Waals surface area contributed by atoms with Gasteiger partial charge in [0, 0.05) is 19.1 Å². The molecule has 1 aliphatic rings. The van der Waals surface area contributed by atoms with E-state index < -0.39 is 24.0 Å². The van der Waals surface area contributed by atoms with E-state index in [2.05, 4.69) is 5.32 Å². The number of hydrogen-bond donors (Lipinski definition) is 2. The lowest BCUT2D eigenvalue weighted by Crippen LogP contribution is -2.52. The second kappa shape index (κ2) is 7.31. The highest BCUT2D eigenvalue weighted by Crippen LogP contribution is 2.21. The summed E-state index contributed by atoms with van der Waals surface area (Å²) >= 11 is 1.48. The van der Waals surface area contributed by atoms with Crippen molar-refractivity contribution in [1.82, 2.24) is 10.2 Å². The van der Waals surface area contributed by atoms with Gasteiger partial charge in [-0.3, -0.25) is 9.59 Å². The lowest BCUT2D eigenvalue weighted by Gasteiger charge is -2.23. The van der Waals surface area contributed by atoms with Crippen molar-refractivity contribution >= 4 is 29.5 Å². The van der Waals surface area contributed by atoms with Crippen molar-refractivity contribution in [3.05, 3.63) is 35.9 Å². The molecule has 1 heterocycles. The van der Waals surface area contributed by atoms with Crippen LogP contribution in [0, 0.1) is 0 Å². The Morgan fingerprint density at radius 3 is 2.64 bits per heavy atom. The molecule has 2 rings (SSSR count). The fourth-order valence-corrected chi connectivity index (χ4v) is 3.51. The summed E-state index contributed by atoms with van der Waals surface area (Å²) in [4.78, 5) is 36.6. The Morgan fingerprint density at radius 1 is 1.36 bits per heavy atom. The van der Waals surface area contributed by atoms with Gasteiger partial charge in [-0.2, -0.15) is 0 Å². The minimum atomic E-state index is -1.09. The number of amides is 2. The number of carbonyl (C=O) groups excluding carboxylic acids is 2. The van der Waals surface area contributed by atoms with E-state index >= 15 is 0 Å². The third-order valence-electron chi connectivity index (χ3n) is 3.49. The first-order valence-corrected chi connectivity index (χ1v) is 8.06. The minimum absolute atomic E-state index is 0.180. The molecule has 118 valence electrons. The molecule has 22 heavy (non-hydrogen) atoms. The summed E-state index contributed by atoms with van der Waals surface area (Å²) in [6.07, 6.45) is 0.210. The Hall–Kier alpha value is -2.02. The van der Waals surface area contributed by atoms with Gasteiger partial charge in [0.15, 0.2) is 0 Å². The Labute approximate surface area is 132 Å². The van der Waals surface area contributed by atoms with Gasteiger partial charge < -0.3 is 15.3 Å². The van der Waals surface area contributed by atoms with Crippen LogP contribution >= 0.6 is 11.8 Å². The summed E-state index contributed by atoms with van der Waals surface area (Å²) in [5.74, 6) is -0.728. The second-order valence-corrected chi connectivity index (χ2v) is 6.09. The zero-order valence-corrected chi connectivity index (χ0v) is 13.0. The molecule has 0 spiro atoms. The number of benzene rings is 1. The highest BCUT2D eigenvalue weighted by atomic mass is 32.2. The van der Waals surface area contributed by atoms with Crippen molar-refractivity contribution in [3.8, 4) is 0 Å². The topological polar surface area (TPSA) is 86.7 Å². The lowest BCUT2D eigenvalue weighted by molar-refractivity contribution is -0.143. The number of nitrogens with one attached hydrogen (secondary N) is 1. The highest BCUT2D eigenvalue weighted by Gasteiger charge is 2.34. The zero-order valence-electron chi connectivity index (χ0n) is 12.2. The summed E-state index contributed by atoms with van der Waals surface area (Å²) in [6.45, 7) is 1.41. The van der Waals surface area contributed by atoms with E-state index in [1.54, 1.807) is 0 Å². The smallest absolute Gasteiger partial charge is 0.326 e. The molecule has 0 unspecified atom stereocenters. The third-order valence-corrected chi connectivity index (χ3v) is 4.50. The highest BCUT2D eigenvalue weighted by molar-refractivity contribution is 7.99. The van der Waals surface area contributed by atoms with Gasteiger partial charge in [-0.1, -0.05) is 30.3 Å². The molecule has 0 radical (unpaired) electrons. The van der Waals surface area contributed by atoms with E-state index in [0.29, 0.717) is 11.6 Å². The predicted octanol–water partition coefficient (Wildman–Crippen LogP) is 0.720. The van der Waals surface area contributed by atoms with E-state index in [9.17, 15) is 19.5 Å². The van der Waals surface area contributed by atoms with Crippen LogP contribution in [-0.2, 0) is 20.8 Å². The quantitative estimate of drug-likeness (QED) is 0.834. The van der Waals surface area contributed by atoms with Crippen molar-refractivity contribution < 1.29 is 19.5 Å². The SMILES string of the molecule is CC(=O)N1CSC[C@H]1C(=O)N[C@@H](Cc1ccccc1)C(=O)O.